The zero-order valence-corrected chi connectivity index (χ0v) is 16.2. The monoisotopic (exact) mass is 403 g/mol. The quantitative estimate of drug-likeness (QED) is 0.580. The van der Waals surface area contributed by atoms with Gasteiger partial charge in [0.2, 0.25) is 5.91 Å². The van der Waals surface area contributed by atoms with Crippen LogP contribution in [0.3, 0.4) is 0 Å². The van der Waals surface area contributed by atoms with Gasteiger partial charge in [-0.2, -0.15) is 0 Å². The SMILES string of the molecule is CCc1ccc(C(=O)COC(=O)CC2Sc3ccc(Cl)cc3NC2=O)cc1. The van der Waals surface area contributed by atoms with E-state index in [1.807, 2.05) is 19.1 Å². The minimum Gasteiger partial charge on any atom is -0.457 e. The van der Waals surface area contributed by atoms with E-state index in [9.17, 15) is 14.4 Å². The Morgan fingerprint density at radius 3 is 2.63 bits per heavy atom. The highest BCUT2D eigenvalue weighted by Crippen LogP contribution is 2.38. The number of esters is 1. The second-order valence-electron chi connectivity index (χ2n) is 6.07. The number of benzene rings is 2. The number of anilines is 1. The molecule has 0 saturated heterocycles. The molecular formula is C20H18ClNO4S. The maximum absolute atomic E-state index is 12.2. The summed E-state index contributed by atoms with van der Waals surface area (Å²) in [4.78, 5) is 37.2. The Morgan fingerprint density at radius 2 is 1.93 bits per heavy atom. The number of aryl methyl sites for hydroxylation is 1. The number of ether oxygens (including phenoxy) is 1. The Bertz CT molecular complexity index is 882. The number of fused-ring (bicyclic) bond motifs is 1. The maximum Gasteiger partial charge on any atom is 0.307 e. The number of carbonyl (C=O) groups is 3. The molecule has 0 aromatic heterocycles. The first-order valence-corrected chi connectivity index (χ1v) is 9.77. The summed E-state index contributed by atoms with van der Waals surface area (Å²) in [5.41, 5.74) is 2.26. The number of carbonyl (C=O) groups excluding carboxylic acids is 3. The standard InChI is InChI=1S/C20H18ClNO4S/c1-2-12-3-5-13(6-4-12)16(23)11-26-19(24)10-18-20(25)22-15-9-14(21)7-8-17(15)27-18/h3-9,18H,2,10-11H2,1H3,(H,22,25). The van der Waals surface area contributed by atoms with Gasteiger partial charge in [-0.1, -0.05) is 42.8 Å². The van der Waals surface area contributed by atoms with Crippen molar-refractivity contribution in [1.29, 1.82) is 0 Å². The van der Waals surface area contributed by atoms with Crippen LogP contribution < -0.4 is 5.32 Å². The summed E-state index contributed by atoms with van der Waals surface area (Å²) in [6.45, 7) is 1.69. The van der Waals surface area contributed by atoms with E-state index >= 15 is 0 Å². The van der Waals surface area contributed by atoms with Gasteiger partial charge in [0, 0.05) is 15.5 Å². The molecule has 0 radical (unpaired) electrons. The lowest BCUT2D eigenvalue weighted by Gasteiger charge is -2.23. The van der Waals surface area contributed by atoms with Crippen molar-refractivity contribution in [2.24, 2.45) is 0 Å². The summed E-state index contributed by atoms with van der Waals surface area (Å²) in [7, 11) is 0. The van der Waals surface area contributed by atoms with Crippen LogP contribution in [-0.4, -0.2) is 29.5 Å². The second kappa shape index (κ2) is 8.59. The van der Waals surface area contributed by atoms with Crippen molar-refractivity contribution < 1.29 is 19.1 Å². The Morgan fingerprint density at radius 1 is 1.19 bits per heavy atom. The van der Waals surface area contributed by atoms with E-state index in [1.54, 1.807) is 30.3 Å². The molecule has 2 aromatic rings. The van der Waals surface area contributed by atoms with E-state index < -0.39 is 11.2 Å². The Balaban J connectivity index is 1.53. The van der Waals surface area contributed by atoms with Crippen LogP contribution in [0.4, 0.5) is 5.69 Å². The van der Waals surface area contributed by atoms with Gasteiger partial charge in [-0.05, 0) is 30.2 Å². The number of rotatable bonds is 6. The molecule has 1 aliphatic heterocycles. The van der Waals surface area contributed by atoms with Gasteiger partial charge >= 0.3 is 5.97 Å². The van der Waals surface area contributed by atoms with Gasteiger partial charge in [0.05, 0.1) is 17.4 Å². The topological polar surface area (TPSA) is 72.5 Å². The number of halogens is 1. The molecule has 1 heterocycles. The molecule has 0 bridgehead atoms. The van der Waals surface area contributed by atoms with Gasteiger partial charge in [0.25, 0.3) is 0 Å². The van der Waals surface area contributed by atoms with E-state index in [1.165, 1.54) is 11.8 Å². The fraction of sp³-hybridized carbons (Fsp3) is 0.250. The number of nitrogens with one attached hydrogen (secondary N) is 1. The van der Waals surface area contributed by atoms with Crippen molar-refractivity contribution in [1.82, 2.24) is 0 Å². The van der Waals surface area contributed by atoms with Crippen LogP contribution in [-0.2, 0) is 20.7 Å². The predicted octanol–water partition coefficient (Wildman–Crippen LogP) is 4.13. The van der Waals surface area contributed by atoms with E-state index in [-0.39, 0.29) is 24.7 Å². The summed E-state index contributed by atoms with van der Waals surface area (Å²) in [5.74, 6) is -1.14. The van der Waals surface area contributed by atoms with Gasteiger partial charge in [-0.25, -0.2) is 0 Å². The van der Waals surface area contributed by atoms with Gasteiger partial charge in [-0.15, -0.1) is 11.8 Å². The minimum absolute atomic E-state index is 0.110. The number of Topliss-reactive ketones (excluding diaryl/α,β-unsaturated/α-hetero) is 1. The molecular weight excluding hydrogens is 386 g/mol. The molecule has 1 N–H and O–H groups in total. The third-order valence-electron chi connectivity index (χ3n) is 4.16. The van der Waals surface area contributed by atoms with Crippen molar-refractivity contribution >= 4 is 46.7 Å². The first-order chi connectivity index (χ1) is 13.0. The lowest BCUT2D eigenvalue weighted by atomic mass is 10.1. The molecule has 0 aliphatic carbocycles. The number of hydrogen-bond donors (Lipinski definition) is 1. The van der Waals surface area contributed by atoms with Crippen molar-refractivity contribution in [3.63, 3.8) is 0 Å². The number of hydrogen-bond acceptors (Lipinski definition) is 5. The van der Waals surface area contributed by atoms with Crippen molar-refractivity contribution in [3.8, 4) is 0 Å². The first kappa shape index (κ1) is 19.5. The van der Waals surface area contributed by atoms with Crippen LogP contribution in [0.1, 0.15) is 29.3 Å². The van der Waals surface area contributed by atoms with Crippen molar-refractivity contribution in [2.75, 3.05) is 11.9 Å². The molecule has 5 nitrogen and oxygen atoms in total. The average molecular weight is 404 g/mol. The molecule has 1 unspecified atom stereocenters. The molecule has 0 saturated carbocycles. The molecule has 2 aromatic carbocycles. The van der Waals surface area contributed by atoms with E-state index in [4.69, 9.17) is 16.3 Å². The third-order valence-corrected chi connectivity index (χ3v) is 5.67. The molecule has 0 fully saturated rings. The summed E-state index contributed by atoms with van der Waals surface area (Å²) in [6, 6.07) is 12.4. The lowest BCUT2D eigenvalue weighted by molar-refractivity contribution is -0.143. The summed E-state index contributed by atoms with van der Waals surface area (Å²) < 4.78 is 5.07. The number of thioether (sulfide) groups is 1. The van der Waals surface area contributed by atoms with Gasteiger partial charge < -0.3 is 10.1 Å². The molecule has 1 amide bonds. The van der Waals surface area contributed by atoms with Crippen molar-refractivity contribution in [2.45, 2.75) is 29.9 Å². The summed E-state index contributed by atoms with van der Waals surface area (Å²) >= 11 is 7.20. The van der Waals surface area contributed by atoms with E-state index in [2.05, 4.69) is 5.32 Å². The zero-order chi connectivity index (χ0) is 19.4. The summed E-state index contributed by atoms with van der Waals surface area (Å²) in [5, 5.41) is 2.66. The van der Waals surface area contributed by atoms with Crippen LogP contribution >= 0.6 is 23.4 Å². The van der Waals surface area contributed by atoms with Gasteiger partial charge in [0.1, 0.15) is 0 Å². The maximum atomic E-state index is 12.2. The van der Waals surface area contributed by atoms with Crippen LogP contribution in [0.25, 0.3) is 0 Å². The van der Waals surface area contributed by atoms with E-state index in [0.717, 1.165) is 16.9 Å². The highest BCUT2D eigenvalue weighted by Gasteiger charge is 2.29. The largest absolute Gasteiger partial charge is 0.457 e. The van der Waals surface area contributed by atoms with Crippen LogP contribution in [0.2, 0.25) is 5.02 Å². The van der Waals surface area contributed by atoms with E-state index in [0.29, 0.717) is 16.3 Å². The molecule has 27 heavy (non-hydrogen) atoms. The molecule has 1 atom stereocenters. The van der Waals surface area contributed by atoms with Crippen LogP contribution in [0.15, 0.2) is 47.4 Å². The summed E-state index contributed by atoms with van der Waals surface area (Å²) in [6.07, 6.45) is 0.778. The molecule has 0 spiro atoms. The number of amides is 1. The molecule has 1 aliphatic rings. The first-order valence-electron chi connectivity index (χ1n) is 8.51. The normalized spacial score (nSPS) is 15.6. The molecule has 7 heteroatoms. The molecule has 140 valence electrons. The Kier molecular flexibility index (Phi) is 6.19. The Hall–Kier alpha value is -2.31. The van der Waals surface area contributed by atoms with Crippen LogP contribution in [0.5, 0.6) is 0 Å². The third kappa shape index (κ3) is 4.90. The fourth-order valence-corrected chi connectivity index (χ4v) is 3.87. The smallest absolute Gasteiger partial charge is 0.307 e. The zero-order valence-electron chi connectivity index (χ0n) is 14.7. The highest BCUT2D eigenvalue weighted by atomic mass is 35.5. The van der Waals surface area contributed by atoms with Gasteiger partial charge in [0.15, 0.2) is 12.4 Å². The fourth-order valence-electron chi connectivity index (χ4n) is 2.62. The molecule has 3 rings (SSSR count). The predicted molar refractivity (Wildman–Crippen MR) is 105 cm³/mol. The Labute approximate surface area is 166 Å². The minimum atomic E-state index is -0.606. The van der Waals surface area contributed by atoms with Crippen molar-refractivity contribution in [3.05, 3.63) is 58.6 Å². The van der Waals surface area contributed by atoms with Gasteiger partial charge in [-0.3, -0.25) is 14.4 Å². The highest BCUT2D eigenvalue weighted by molar-refractivity contribution is 8.01. The lowest BCUT2D eigenvalue weighted by Crippen LogP contribution is -2.31. The average Bonchev–Trinajstić information content (AvgIpc) is 2.67. The second-order valence-corrected chi connectivity index (χ2v) is 7.76. The number of ketones is 1. The van der Waals surface area contributed by atoms with Crippen LogP contribution in [0, 0.1) is 0 Å².